The second-order valence-electron chi connectivity index (χ2n) is 4.32. The van der Waals surface area contributed by atoms with Crippen LogP contribution in [0.3, 0.4) is 0 Å². The minimum absolute atomic E-state index is 0.0511. The molecule has 0 saturated carbocycles. The van der Waals surface area contributed by atoms with Gasteiger partial charge >= 0.3 is 0 Å². The van der Waals surface area contributed by atoms with Gasteiger partial charge in [0, 0.05) is 5.97 Å². The number of aliphatic hydroxyl groups excluding tert-OH is 1. The molecule has 8 heteroatoms. The normalized spacial score (nSPS) is 11.8. The first-order valence-corrected chi connectivity index (χ1v) is 6.23. The van der Waals surface area contributed by atoms with Crippen molar-refractivity contribution in [3.05, 3.63) is 27.8 Å². The lowest BCUT2D eigenvalue weighted by Crippen LogP contribution is -2.22. The highest BCUT2D eigenvalue weighted by Crippen LogP contribution is 2.37. The summed E-state index contributed by atoms with van der Waals surface area (Å²) in [7, 11) is 1.36. The van der Waals surface area contributed by atoms with Crippen LogP contribution in [0.2, 0.25) is 0 Å². The fraction of sp³-hybridized carbons (Fsp3) is 0.462. The molecule has 0 unspecified atom stereocenters. The molecule has 116 valence electrons. The van der Waals surface area contributed by atoms with Crippen molar-refractivity contribution in [2.24, 2.45) is 0 Å². The van der Waals surface area contributed by atoms with E-state index < -0.39 is 17.0 Å². The highest BCUT2D eigenvalue weighted by atomic mass is 16.6. The van der Waals surface area contributed by atoms with Gasteiger partial charge in [-0.25, -0.2) is 0 Å². The van der Waals surface area contributed by atoms with Gasteiger partial charge in [-0.15, -0.1) is 0 Å². The monoisotopic (exact) mass is 298 g/mol. The number of nitro groups is 1. The molecular weight excluding hydrogens is 282 g/mol. The molecule has 0 heterocycles. The van der Waals surface area contributed by atoms with E-state index >= 15 is 0 Å². The van der Waals surface area contributed by atoms with Crippen LogP contribution in [0.5, 0.6) is 11.5 Å². The Bertz CT molecular complexity index is 527. The molecule has 1 N–H and O–H groups in total. The van der Waals surface area contributed by atoms with E-state index in [1.807, 2.05) is 0 Å². The summed E-state index contributed by atoms with van der Waals surface area (Å²) in [5.41, 5.74) is -0.181. The first kappa shape index (κ1) is 16.7. The molecule has 8 nitrogen and oxygen atoms in total. The predicted molar refractivity (Wildman–Crippen MR) is 70.0 cm³/mol. The zero-order valence-electron chi connectivity index (χ0n) is 11.7. The number of aliphatic carboxylic acids is 1. The predicted octanol–water partition coefficient (Wildman–Crippen LogP) is 0.566. The lowest BCUT2D eigenvalue weighted by Gasteiger charge is -2.14. The van der Waals surface area contributed by atoms with E-state index in [9.17, 15) is 25.1 Å². The van der Waals surface area contributed by atoms with Gasteiger partial charge in [-0.3, -0.25) is 10.1 Å². The Morgan fingerprint density at radius 3 is 2.57 bits per heavy atom. The number of methoxy groups -OCH3 is 1. The van der Waals surface area contributed by atoms with Crippen LogP contribution in [0.25, 0.3) is 0 Å². The van der Waals surface area contributed by atoms with E-state index in [0.29, 0.717) is 0 Å². The van der Waals surface area contributed by atoms with Crippen LogP contribution in [-0.2, 0) is 4.79 Å². The van der Waals surface area contributed by atoms with Crippen molar-refractivity contribution in [2.75, 3.05) is 13.7 Å². The molecule has 0 aliphatic rings. The first-order chi connectivity index (χ1) is 9.86. The molecule has 0 fully saturated rings. The number of carboxylic acid groups (broad SMARTS) is 1. The average molecular weight is 298 g/mol. The fourth-order valence-electron chi connectivity index (χ4n) is 1.73. The quantitative estimate of drug-likeness (QED) is 0.422. The van der Waals surface area contributed by atoms with Gasteiger partial charge in [-0.05, 0) is 25.8 Å². The smallest absolute Gasteiger partial charge is 0.279 e. The van der Waals surface area contributed by atoms with Crippen molar-refractivity contribution in [3.63, 3.8) is 0 Å². The highest BCUT2D eigenvalue weighted by Gasteiger charge is 2.22. The van der Waals surface area contributed by atoms with Crippen molar-refractivity contribution in [1.29, 1.82) is 0 Å². The Balaban J connectivity index is 2.99. The van der Waals surface area contributed by atoms with Gasteiger partial charge in [0.05, 0.1) is 36.4 Å². The SMILES string of the molecule is COc1cc([C@H](C)O)c([N+](=O)[O-])cc1OCCCC(=O)[O-]. The van der Waals surface area contributed by atoms with Crippen LogP contribution in [0.4, 0.5) is 5.69 Å². The molecule has 1 aromatic rings. The number of hydrogen-bond donors (Lipinski definition) is 1. The summed E-state index contributed by atoms with van der Waals surface area (Å²) >= 11 is 0. The Morgan fingerprint density at radius 2 is 2.10 bits per heavy atom. The Hall–Kier alpha value is -2.35. The second kappa shape index (κ2) is 7.44. The summed E-state index contributed by atoms with van der Waals surface area (Å²) in [6.07, 6.45) is -1.00. The van der Waals surface area contributed by atoms with Crippen molar-refractivity contribution in [3.8, 4) is 11.5 Å². The third kappa shape index (κ3) is 4.60. The number of carbonyl (C=O) groups is 1. The van der Waals surface area contributed by atoms with E-state index in [1.54, 1.807) is 0 Å². The molecule has 0 aliphatic heterocycles. The number of nitrogens with zero attached hydrogens (tertiary/aromatic N) is 1. The van der Waals surface area contributed by atoms with E-state index in [0.717, 1.165) is 6.07 Å². The number of aliphatic hydroxyl groups is 1. The van der Waals surface area contributed by atoms with Crippen molar-refractivity contribution >= 4 is 11.7 Å². The van der Waals surface area contributed by atoms with Crippen molar-refractivity contribution in [1.82, 2.24) is 0 Å². The zero-order valence-corrected chi connectivity index (χ0v) is 11.7. The lowest BCUT2D eigenvalue weighted by molar-refractivity contribution is -0.386. The molecule has 0 aromatic heterocycles. The van der Waals surface area contributed by atoms with Crippen LogP contribution < -0.4 is 14.6 Å². The number of carboxylic acids is 1. The lowest BCUT2D eigenvalue weighted by atomic mass is 10.1. The van der Waals surface area contributed by atoms with Gasteiger partial charge in [0.2, 0.25) is 0 Å². The second-order valence-corrected chi connectivity index (χ2v) is 4.32. The minimum atomic E-state index is -1.19. The van der Waals surface area contributed by atoms with Crippen LogP contribution in [0, 0.1) is 10.1 Å². The van der Waals surface area contributed by atoms with Crippen LogP contribution >= 0.6 is 0 Å². The topological polar surface area (TPSA) is 122 Å². The summed E-state index contributed by atoms with van der Waals surface area (Å²) in [4.78, 5) is 20.7. The number of hydrogen-bond acceptors (Lipinski definition) is 7. The number of rotatable bonds is 8. The van der Waals surface area contributed by atoms with Gasteiger partial charge in [-0.2, -0.15) is 0 Å². The third-order valence-corrected chi connectivity index (χ3v) is 2.74. The molecule has 0 saturated heterocycles. The molecular formula is C13H16NO7-. The molecule has 0 amide bonds. The van der Waals surface area contributed by atoms with Gasteiger partial charge < -0.3 is 24.5 Å². The standard InChI is InChI=1S/C13H17NO7/c1-8(15)9-6-11(20-2)12(7-10(9)14(18)19)21-5-3-4-13(16)17/h6-8,15H,3-5H2,1-2H3,(H,16,17)/p-1/t8-/m0/s1. The van der Waals surface area contributed by atoms with Gasteiger partial charge in [0.1, 0.15) is 0 Å². The number of nitro benzene ring substituents is 1. The Kier molecular flexibility index (Phi) is 5.92. The molecule has 1 aromatic carbocycles. The maximum Gasteiger partial charge on any atom is 0.279 e. The maximum atomic E-state index is 11.0. The first-order valence-electron chi connectivity index (χ1n) is 6.23. The van der Waals surface area contributed by atoms with E-state index in [4.69, 9.17) is 9.47 Å². The van der Waals surface area contributed by atoms with Gasteiger partial charge in [0.15, 0.2) is 11.5 Å². The minimum Gasteiger partial charge on any atom is -0.550 e. The average Bonchev–Trinajstić information content (AvgIpc) is 2.42. The van der Waals surface area contributed by atoms with Crippen LogP contribution in [0.1, 0.15) is 31.4 Å². The summed E-state index contributed by atoms with van der Waals surface area (Å²) in [5.74, 6) is -0.849. The zero-order chi connectivity index (χ0) is 16.0. The van der Waals surface area contributed by atoms with E-state index in [2.05, 4.69) is 0 Å². The van der Waals surface area contributed by atoms with Crippen molar-refractivity contribution < 1.29 is 29.4 Å². The third-order valence-electron chi connectivity index (χ3n) is 2.74. The van der Waals surface area contributed by atoms with E-state index in [-0.39, 0.29) is 42.2 Å². The maximum absolute atomic E-state index is 11.0. The Morgan fingerprint density at radius 1 is 1.43 bits per heavy atom. The van der Waals surface area contributed by atoms with Gasteiger partial charge in [-0.1, -0.05) is 0 Å². The Labute approximate surface area is 121 Å². The largest absolute Gasteiger partial charge is 0.550 e. The van der Waals surface area contributed by atoms with Gasteiger partial charge in [0.25, 0.3) is 5.69 Å². The summed E-state index contributed by atoms with van der Waals surface area (Å²) in [6.45, 7) is 1.46. The van der Waals surface area contributed by atoms with E-state index in [1.165, 1.54) is 20.1 Å². The number of ether oxygens (including phenoxy) is 2. The molecule has 1 atom stereocenters. The highest BCUT2D eigenvalue weighted by molar-refractivity contribution is 5.64. The molecule has 21 heavy (non-hydrogen) atoms. The molecule has 0 spiro atoms. The molecule has 1 rings (SSSR count). The summed E-state index contributed by atoms with van der Waals surface area (Å²) in [6, 6.07) is 2.48. The summed E-state index contributed by atoms with van der Waals surface area (Å²) < 4.78 is 10.4. The number of carbonyl (C=O) groups excluding carboxylic acids is 1. The van der Waals surface area contributed by atoms with Crippen molar-refractivity contribution in [2.45, 2.75) is 25.9 Å². The van der Waals surface area contributed by atoms with Crippen LogP contribution in [0.15, 0.2) is 12.1 Å². The molecule has 0 aliphatic carbocycles. The number of benzene rings is 1. The fourth-order valence-corrected chi connectivity index (χ4v) is 1.73. The molecule has 0 bridgehead atoms. The summed E-state index contributed by atoms with van der Waals surface area (Å²) in [5, 5.41) is 30.9. The van der Waals surface area contributed by atoms with Crippen LogP contribution in [-0.4, -0.2) is 29.7 Å². The molecule has 0 radical (unpaired) electrons.